The second-order valence-electron chi connectivity index (χ2n) is 6.21. The quantitative estimate of drug-likeness (QED) is 0.852. The third-order valence-electron chi connectivity index (χ3n) is 4.66. The lowest BCUT2D eigenvalue weighted by atomic mass is 10.1. The molecule has 1 amide bonds. The molecule has 1 fully saturated rings. The summed E-state index contributed by atoms with van der Waals surface area (Å²) in [7, 11) is 2.13. The van der Waals surface area contributed by atoms with E-state index in [1.54, 1.807) is 0 Å². The SMILES string of the molecule is CC1CN(C(=O)c2ccc(-n3cccc3)cc2)CC(C)N1C. The van der Waals surface area contributed by atoms with E-state index < -0.39 is 0 Å². The molecule has 22 heavy (non-hydrogen) atoms. The van der Waals surface area contributed by atoms with Crippen molar-refractivity contribution < 1.29 is 4.79 Å². The smallest absolute Gasteiger partial charge is 0.253 e. The zero-order chi connectivity index (χ0) is 15.7. The van der Waals surface area contributed by atoms with Gasteiger partial charge < -0.3 is 9.47 Å². The lowest BCUT2D eigenvalue weighted by Gasteiger charge is -2.42. The summed E-state index contributed by atoms with van der Waals surface area (Å²) in [6.45, 7) is 5.92. The molecule has 4 nitrogen and oxygen atoms in total. The van der Waals surface area contributed by atoms with Crippen molar-refractivity contribution in [1.82, 2.24) is 14.4 Å². The van der Waals surface area contributed by atoms with Crippen LogP contribution in [-0.4, -0.2) is 52.5 Å². The molecule has 0 saturated carbocycles. The molecule has 1 aliphatic heterocycles. The molecule has 116 valence electrons. The van der Waals surface area contributed by atoms with E-state index >= 15 is 0 Å². The number of likely N-dealkylation sites (N-methyl/N-ethyl adjacent to an activating group) is 1. The highest BCUT2D eigenvalue weighted by Gasteiger charge is 2.29. The van der Waals surface area contributed by atoms with Gasteiger partial charge in [0.2, 0.25) is 0 Å². The van der Waals surface area contributed by atoms with Crippen molar-refractivity contribution in [2.75, 3.05) is 20.1 Å². The first-order valence-electron chi connectivity index (χ1n) is 7.81. The van der Waals surface area contributed by atoms with Gasteiger partial charge in [-0.25, -0.2) is 0 Å². The molecule has 0 aliphatic carbocycles. The molecule has 1 aliphatic rings. The molecule has 1 aromatic carbocycles. The van der Waals surface area contributed by atoms with E-state index in [0.29, 0.717) is 12.1 Å². The minimum absolute atomic E-state index is 0.130. The molecule has 2 atom stereocenters. The third kappa shape index (κ3) is 2.79. The number of nitrogens with zero attached hydrogens (tertiary/aromatic N) is 3. The number of hydrogen-bond donors (Lipinski definition) is 0. The highest BCUT2D eigenvalue weighted by atomic mass is 16.2. The topological polar surface area (TPSA) is 28.5 Å². The Labute approximate surface area is 132 Å². The fourth-order valence-corrected chi connectivity index (χ4v) is 3.04. The molecule has 0 spiro atoms. The maximum atomic E-state index is 12.7. The summed E-state index contributed by atoms with van der Waals surface area (Å²) in [5.41, 5.74) is 1.83. The molecule has 0 bridgehead atoms. The Morgan fingerprint density at radius 2 is 1.55 bits per heavy atom. The fourth-order valence-electron chi connectivity index (χ4n) is 3.04. The molecule has 0 radical (unpaired) electrons. The molecular weight excluding hydrogens is 274 g/mol. The number of hydrogen-bond acceptors (Lipinski definition) is 2. The van der Waals surface area contributed by atoms with Crippen LogP contribution in [0.2, 0.25) is 0 Å². The van der Waals surface area contributed by atoms with Gasteiger partial charge in [-0.3, -0.25) is 9.69 Å². The van der Waals surface area contributed by atoms with Gasteiger partial charge in [0, 0.05) is 48.8 Å². The Hall–Kier alpha value is -2.07. The second kappa shape index (κ2) is 5.97. The first kappa shape index (κ1) is 14.9. The van der Waals surface area contributed by atoms with Gasteiger partial charge in [-0.2, -0.15) is 0 Å². The maximum absolute atomic E-state index is 12.7. The summed E-state index contributed by atoms with van der Waals surface area (Å²) in [5.74, 6) is 0.130. The lowest BCUT2D eigenvalue weighted by molar-refractivity contribution is 0.0414. The maximum Gasteiger partial charge on any atom is 0.253 e. The van der Waals surface area contributed by atoms with Crippen LogP contribution >= 0.6 is 0 Å². The minimum atomic E-state index is 0.130. The van der Waals surface area contributed by atoms with Crippen LogP contribution in [0, 0.1) is 0 Å². The predicted octanol–water partition coefficient (Wildman–Crippen LogP) is 2.64. The van der Waals surface area contributed by atoms with Crippen molar-refractivity contribution >= 4 is 5.91 Å². The van der Waals surface area contributed by atoms with Crippen LogP contribution in [0.1, 0.15) is 24.2 Å². The molecule has 2 unspecified atom stereocenters. The summed E-state index contributed by atoms with van der Waals surface area (Å²) < 4.78 is 2.04. The average molecular weight is 297 g/mol. The van der Waals surface area contributed by atoms with Crippen LogP contribution in [0.3, 0.4) is 0 Å². The third-order valence-corrected chi connectivity index (χ3v) is 4.66. The summed E-state index contributed by atoms with van der Waals surface area (Å²) in [4.78, 5) is 17.0. The zero-order valence-corrected chi connectivity index (χ0v) is 13.4. The van der Waals surface area contributed by atoms with Crippen molar-refractivity contribution in [2.24, 2.45) is 0 Å². The Balaban J connectivity index is 1.75. The van der Waals surface area contributed by atoms with Crippen molar-refractivity contribution in [2.45, 2.75) is 25.9 Å². The Bertz CT molecular complexity index is 621. The van der Waals surface area contributed by atoms with E-state index in [-0.39, 0.29) is 5.91 Å². The monoisotopic (exact) mass is 297 g/mol. The molecule has 1 aromatic heterocycles. The van der Waals surface area contributed by atoms with E-state index in [9.17, 15) is 4.79 Å². The number of carbonyl (C=O) groups excluding carboxylic acids is 1. The number of aromatic nitrogens is 1. The zero-order valence-electron chi connectivity index (χ0n) is 13.4. The van der Waals surface area contributed by atoms with E-state index in [1.165, 1.54) is 0 Å². The minimum Gasteiger partial charge on any atom is -0.336 e. The first-order chi connectivity index (χ1) is 10.6. The summed E-state index contributed by atoms with van der Waals surface area (Å²) in [6, 6.07) is 12.6. The van der Waals surface area contributed by atoms with Gasteiger partial charge >= 0.3 is 0 Å². The van der Waals surface area contributed by atoms with E-state index in [0.717, 1.165) is 24.3 Å². The predicted molar refractivity (Wildman–Crippen MR) is 88.4 cm³/mol. The number of piperazine rings is 1. The average Bonchev–Trinajstić information content (AvgIpc) is 3.06. The molecule has 3 rings (SSSR count). The standard InChI is InChI=1S/C18H23N3O/c1-14-12-21(13-15(2)19(14)3)18(22)16-6-8-17(9-7-16)20-10-4-5-11-20/h4-11,14-15H,12-13H2,1-3H3. The van der Waals surface area contributed by atoms with Gasteiger partial charge in [0.05, 0.1) is 0 Å². The lowest BCUT2D eigenvalue weighted by Crippen LogP contribution is -2.56. The molecule has 2 aromatic rings. The number of carbonyl (C=O) groups is 1. The van der Waals surface area contributed by atoms with Gasteiger partial charge in [-0.1, -0.05) is 0 Å². The second-order valence-corrected chi connectivity index (χ2v) is 6.21. The van der Waals surface area contributed by atoms with Crippen LogP contribution in [0.15, 0.2) is 48.8 Å². The first-order valence-corrected chi connectivity index (χ1v) is 7.81. The van der Waals surface area contributed by atoms with Crippen LogP contribution in [-0.2, 0) is 0 Å². The molecule has 1 saturated heterocycles. The normalized spacial score (nSPS) is 22.8. The van der Waals surface area contributed by atoms with Gasteiger partial charge in [-0.15, -0.1) is 0 Å². The Morgan fingerprint density at radius 3 is 2.09 bits per heavy atom. The van der Waals surface area contributed by atoms with Crippen LogP contribution in [0.4, 0.5) is 0 Å². The Kier molecular flexibility index (Phi) is 4.03. The highest BCUT2D eigenvalue weighted by Crippen LogP contribution is 2.17. The van der Waals surface area contributed by atoms with Crippen LogP contribution in [0.5, 0.6) is 0 Å². The fraction of sp³-hybridized carbons (Fsp3) is 0.389. The Morgan fingerprint density at radius 1 is 1.00 bits per heavy atom. The van der Waals surface area contributed by atoms with Crippen LogP contribution < -0.4 is 0 Å². The summed E-state index contributed by atoms with van der Waals surface area (Å²) in [5, 5.41) is 0. The van der Waals surface area contributed by atoms with E-state index in [2.05, 4.69) is 25.8 Å². The van der Waals surface area contributed by atoms with Gasteiger partial charge in [-0.05, 0) is 57.3 Å². The van der Waals surface area contributed by atoms with Crippen molar-refractivity contribution in [3.63, 3.8) is 0 Å². The van der Waals surface area contributed by atoms with Crippen molar-refractivity contribution in [3.8, 4) is 5.69 Å². The number of benzene rings is 1. The number of rotatable bonds is 2. The van der Waals surface area contributed by atoms with Gasteiger partial charge in [0.1, 0.15) is 0 Å². The van der Waals surface area contributed by atoms with Crippen molar-refractivity contribution in [1.29, 1.82) is 0 Å². The number of amides is 1. The molecule has 0 N–H and O–H groups in total. The van der Waals surface area contributed by atoms with E-state index in [4.69, 9.17) is 0 Å². The van der Waals surface area contributed by atoms with Crippen LogP contribution in [0.25, 0.3) is 5.69 Å². The van der Waals surface area contributed by atoms with Gasteiger partial charge in [0.15, 0.2) is 0 Å². The molecule has 4 heteroatoms. The molecule has 2 heterocycles. The van der Waals surface area contributed by atoms with E-state index in [1.807, 2.05) is 58.3 Å². The van der Waals surface area contributed by atoms with Crippen molar-refractivity contribution in [3.05, 3.63) is 54.4 Å². The van der Waals surface area contributed by atoms with Gasteiger partial charge in [0.25, 0.3) is 5.91 Å². The highest BCUT2D eigenvalue weighted by molar-refractivity contribution is 5.94. The summed E-state index contributed by atoms with van der Waals surface area (Å²) >= 11 is 0. The molecular formula is C18H23N3O. The summed E-state index contributed by atoms with van der Waals surface area (Å²) in [6.07, 6.45) is 4.00. The largest absolute Gasteiger partial charge is 0.336 e.